The highest BCUT2D eigenvalue weighted by molar-refractivity contribution is 5.87. The number of nitrogens with one attached hydrogen (secondary N) is 1. The maximum absolute atomic E-state index is 10.0. The van der Waals surface area contributed by atoms with Gasteiger partial charge in [0, 0.05) is 26.2 Å². The summed E-state index contributed by atoms with van der Waals surface area (Å²) >= 11 is 0. The molecule has 0 radical (unpaired) electrons. The van der Waals surface area contributed by atoms with E-state index >= 15 is 0 Å². The van der Waals surface area contributed by atoms with Crippen LogP contribution in [0.3, 0.4) is 0 Å². The summed E-state index contributed by atoms with van der Waals surface area (Å²) in [6.07, 6.45) is 1.50. The van der Waals surface area contributed by atoms with E-state index in [0.717, 1.165) is 26.2 Å². The molecule has 2 aliphatic rings. The van der Waals surface area contributed by atoms with Crippen molar-refractivity contribution >= 4 is 12.0 Å². The highest BCUT2D eigenvalue weighted by Crippen LogP contribution is 2.10. The van der Waals surface area contributed by atoms with Crippen LogP contribution >= 0.6 is 0 Å². The molecular weight excluding hydrogens is 170 g/mol. The fourth-order valence-corrected chi connectivity index (χ4v) is 1.44. The van der Waals surface area contributed by atoms with E-state index in [0.29, 0.717) is 12.6 Å². The summed E-state index contributed by atoms with van der Waals surface area (Å²) in [7, 11) is 0. The minimum absolute atomic E-state index is 0.483. The van der Waals surface area contributed by atoms with E-state index in [1.165, 1.54) is 6.08 Å². The number of piperazine rings is 1. The van der Waals surface area contributed by atoms with Gasteiger partial charge < -0.3 is 5.32 Å². The Morgan fingerprint density at radius 3 is 2.77 bits per heavy atom. The molecule has 2 heterocycles. The van der Waals surface area contributed by atoms with Crippen molar-refractivity contribution in [1.29, 1.82) is 0 Å². The summed E-state index contributed by atoms with van der Waals surface area (Å²) in [6.45, 7) is 4.42. The Bertz CT molecular complexity index is 264. The Hall–Kier alpha value is -1.23. The lowest BCUT2D eigenvalue weighted by atomic mass is 10.4. The smallest absolute Gasteiger partial charge is 0.250 e. The maximum atomic E-state index is 10.0. The van der Waals surface area contributed by atoms with Crippen molar-refractivity contribution in [1.82, 2.24) is 15.3 Å². The van der Waals surface area contributed by atoms with E-state index in [1.807, 2.05) is 5.01 Å². The molecule has 2 rings (SSSR count). The minimum Gasteiger partial charge on any atom is -0.314 e. The van der Waals surface area contributed by atoms with Crippen LogP contribution in [0, 0.1) is 0 Å². The molecule has 1 saturated heterocycles. The number of isocyanates is 1. The zero-order valence-corrected chi connectivity index (χ0v) is 7.23. The van der Waals surface area contributed by atoms with Crippen LogP contribution in [-0.2, 0) is 4.79 Å². The SMILES string of the molecule is O=C=NC1=NCN1N1CCNCC1. The normalized spacial score (nSPS) is 23.1. The third-order valence-corrected chi connectivity index (χ3v) is 2.16. The molecular formula is C7H11N5O. The fraction of sp³-hybridized carbons (Fsp3) is 0.714. The first kappa shape index (κ1) is 8.37. The lowest BCUT2D eigenvalue weighted by Crippen LogP contribution is -2.57. The third-order valence-electron chi connectivity index (χ3n) is 2.16. The molecule has 0 unspecified atom stereocenters. The lowest BCUT2D eigenvalue weighted by molar-refractivity contribution is 0.0160. The molecule has 13 heavy (non-hydrogen) atoms. The monoisotopic (exact) mass is 181 g/mol. The van der Waals surface area contributed by atoms with Gasteiger partial charge in [-0.1, -0.05) is 0 Å². The molecule has 70 valence electrons. The van der Waals surface area contributed by atoms with Crippen molar-refractivity contribution in [3.8, 4) is 0 Å². The number of aliphatic imine (C=N–C) groups is 2. The van der Waals surface area contributed by atoms with Gasteiger partial charge in [0.05, 0.1) is 0 Å². The van der Waals surface area contributed by atoms with Gasteiger partial charge in [-0.3, -0.25) is 5.01 Å². The molecule has 1 fully saturated rings. The van der Waals surface area contributed by atoms with Gasteiger partial charge in [0.1, 0.15) is 6.67 Å². The zero-order chi connectivity index (χ0) is 9.10. The molecule has 2 aliphatic heterocycles. The molecule has 6 nitrogen and oxygen atoms in total. The molecule has 0 aromatic rings. The minimum atomic E-state index is 0.483. The summed E-state index contributed by atoms with van der Waals surface area (Å²) in [6, 6.07) is 0. The molecule has 0 atom stereocenters. The maximum Gasteiger partial charge on any atom is 0.250 e. The predicted octanol–water partition coefficient (Wildman–Crippen LogP) is -1.23. The number of carbonyl (C=O) groups excluding carboxylic acids is 1. The van der Waals surface area contributed by atoms with E-state index in [1.54, 1.807) is 0 Å². The molecule has 0 spiro atoms. The van der Waals surface area contributed by atoms with Crippen molar-refractivity contribution in [2.24, 2.45) is 9.98 Å². The van der Waals surface area contributed by atoms with Crippen LogP contribution in [0.4, 0.5) is 0 Å². The standard InChI is InChI=1S/C7H11N5O/c13-6-10-7-9-5-12(7)11-3-1-8-2-4-11/h8H,1-5H2. The third kappa shape index (κ3) is 1.60. The van der Waals surface area contributed by atoms with Gasteiger partial charge in [0.2, 0.25) is 12.0 Å². The molecule has 1 N–H and O–H groups in total. The van der Waals surface area contributed by atoms with Gasteiger partial charge in [-0.05, 0) is 0 Å². The Kier molecular flexibility index (Phi) is 2.35. The van der Waals surface area contributed by atoms with Crippen molar-refractivity contribution in [2.75, 3.05) is 32.8 Å². The van der Waals surface area contributed by atoms with Gasteiger partial charge in [-0.2, -0.15) is 0 Å². The van der Waals surface area contributed by atoms with Crippen LogP contribution in [-0.4, -0.2) is 54.9 Å². The Labute approximate surface area is 75.9 Å². The number of guanidine groups is 1. The highest BCUT2D eigenvalue weighted by atomic mass is 16.1. The summed E-state index contributed by atoms with van der Waals surface area (Å²) in [5, 5.41) is 7.30. The number of hydrogen-bond donors (Lipinski definition) is 1. The van der Waals surface area contributed by atoms with Crippen molar-refractivity contribution in [3.63, 3.8) is 0 Å². The van der Waals surface area contributed by atoms with E-state index in [-0.39, 0.29) is 0 Å². The first-order valence-electron chi connectivity index (χ1n) is 4.27. The zero-order valence-electron chi connectivity index (χ0n) is 7.23. The van der Waals surface area contributed by atoms with Gasteiger partial charge >= 0.3 is 0 Å². The lowest BCUT2D eigenvalue weighted by Gasteiger charge is -2.40. The molecule has 0 saturated carbocycles. The average molecular weight is 181 g/mol. The molecule has 0 bridgehead atoms. The summed E-state index contributed by atoms with van der Waals surface area (Å²) in [5.41, 5.74) is 0. The van der Waals surface area contributed by atoms with Gasteiger partial charge in [0.25, 0.3) is 0 Å². The number of hydrazine groups is 1. The van der Waals surface area contributed by atoms with Gasteiger partial charge in [-0.25, -0.2) is 14.8 Å². The summed E-state index contributed by atoms with van der Waals surface area (Å²) in [5.74, 6) is 0.483. The Balaban J connectivity index is 1.95. The van der Waals surface area contributed by atoms with Crippen molar-refractivity contribution in [2.45, 2.75) is 0 Å². The number of hydrogen-bond acceptors (Lipinski definition) is 6. The molecule has 6 heteroatoms. The Morgan fingerprint density at radius 1 is 1.46 bits per heavy atom. The molecule has 0 amide bonds. The van der Waals surface area contributed by atoms with Crippen LogP contribution in [0.5, 0.6) is 0 Å². The topological polar surface area (TPSA) is 60.3 Å². The number of nitrogens with zero attached hydrogens (tertiary/aromatic N) is 4. The first-order valence-corrected chi connectivity index (χ1v) is 4.27. The number of rotatable bonds is 1. The van der Waals surface area contributed by atoms with E-state index in [4.69, 9.17) is 0 Å². The average Bonchev–Trinajstić information content (AvgIpc) is 2.14. The molecule has 0 aromatic carbocycles. The second-order valence-corrected chi connectivity index (χ2v) is 2.91. The van der Waals surface area contributed by atoms with Crippen LogP contribution in [0.15, 0.2) is 9.98 Å². The highest BCUT2D eigenvalue weighted by Gasteiger charge is 2.26. The summed E-state index contributed by atoms with van der Waals surface area (Å²) < 4.78 is 0. The summed E-state index contributed by atoms with van der Waals surface area (Å²) in [4.78, 5) is 17.5. The fourth-order valence-electron chi connectivity index (χ4n) is 1.44. The second kappa shape index (κ2) is 3.66. The van der Waals surface area contributed by atoms with Gasteiger partial charge in [-0.15, -0.1) is 4.99 Å². The van der Waals surface area contributed by atoms with Gasteiger partial charge in [0.15, 0.2) is 0 Å². The van der Waals surface area contributed by atoms with E-state index in [9.17, 15) is 4.79 Å². The van der Waals surface area contributed by atoms with Crippen LogP contribution < -0.4 is 5.32 Å². The molecule has 0 aliphatic carbocycles. The predicted molar refractivity (Wildman–Crippen MR) is 46.7 cm³/mol. The van der Waals surface area contributed by atoms with E-state index < -0.39 is 0 Å². The second-order valence-electron chi connectivity index (χ2n) is 2.91. The van der Waals surface area contributed by atoms with Crippen molar-refractivity contribution < 1.29 is 4.79 Å². The van der Waals surface area contributed by atoms with Crippen molar-refractivity contribution in [3.05, 3.63) is 0 Å². The first-order chi connectivity index (χ1) is 6.42. The van der Waals surface area contributed by atoms with Crippen LogP contribution in [0.2, 0.25) is 0 Å². The largest absolute Gasteiger partial charge is 0.314 e. The Morgan fingerprint density at radius 2 is 2.23 bits per heavy atom. The van der Waals surface area contributed by atoms with Crippen LogP contribution in [0.25, 0.3) is 0 Å². The van der Waals surface area contributed by atoms with E-state index in [2.05, 4.69) is 20.3 Å². The quantitative estimate of drug-likeness (QED) is 0.406. The van der Waals surface area contributed by atoms with Crippen LogP contribution in [0.1, 0.15) is 0 Å². The molecule has 0 aromatic heterocycles.